The van der Waals surface area contributed by atoms with Gasteiger partial charge in [0.15, 0.2) is 5.17 Å². The number of nitrogens with one attached hydrogen (secondary N) is 1. The van der Waals surface area contributed by atoms with E-state index in [1.165, 1.54) is 13.8 Å². The predicted octanol–water partition coefficient (Wildman–Crippen LogP) is 2.00. The number of amidine groups is 1. The fourth-order valence-electron chi connectivity index (χ4n) is 3.29. The highest BCUT2D eigenvalue weighted by Gasteiger charge is 2.61. The minimum absolute atomic E-state index is 0.220. The lowest BCUT2D eigenvalue weighted by Gasteiger charge is -2.29. The van der Waals surface area contributed by atoms with E-state index in [9.17, 15) is 14.4 Å². The Morgan fingerprint density at radius 3 is 2.63 bits per heavy atom. The van der Waals surface area contributed by atoms with E-state index < -0.39 is 4.87 Å². The number of rotatable bonds is 4. The molecule has 2 heterocycles. The van der Waals surface area contributed by atoms with E-state index in [0.29, 0.717) is 24.5 Å². The zero-order valence-electron chi connectivity index (χ0n) is 15.7. The standard InChI is InChI=1S/C18H22N4O4S/c1-5-9-21-15-8-7-13(26-6-2)10-14(15)18(16(21)25)22(12(4)24)20-17(27-18)19-11(3)23/h7-8,10H,5-6,9H2,1-4H3,(H,19,20,23)/t18-/m1/s1. The highest BCUT2D eigenvalue weighted by molar-refractivity contribution is 8.15. The van der Waals surface area contributed by atoms with Crippen molar-refractivity contribution in [2.75, 3.05) is 18.1 Å². The molecule has 2 aliphatic rings. The van der Waals surface area contributed by atoms with Crippen LogP contribution in [0, 0.1) is 0 Å². The molecule has 144 valence electrons. The molecular weight excluding hydrogens is 368 g/mol. The van der Waals surface area contributed by atoms with Crippen LogP contribution >= 0.6 is 11.8 Å². The minimum atomic E-state index is -1.37. The highest BCUT2D eigenvalue weighted by Crippen LogP contribution is 2.55. The first kappa shape index (κ1) is 19.2. The second kappa shape index (κ2) is 7.22. The van der Waals surface area contributed by atoms with Gasteiger partial charge in [0.2, 0.25) is 16.7 Å². The summed E-state index contributed by atoms with van der Waals surface area (Å²) < 4.78 is 5.60. The number of amides is 3. The predicted molar refractivity (Wildman–Crippen MR) is 103 cm³/mol. The maximum atomic E-state index is 13.5. The number of ether oxygens (including phenoxy) is 1. The summed E-state index contributed by atoms with van der Waals surface area (Å²) >= 11 is 1.07. The van der Waals surface area contributed by atoms with Crippen LogP contribution in [0.3, 0.4) is 0 Å². The van der Waals surface area contributed by atoms with Crippen LogP contribution in [0.4, 0.5) is 5.69 Å². The SMILES string of the molecule is CCCN1C(=O)[C@]2(SC(NC(C)=O)=NN2C(C)=O)c2cc(OCC)ccc21. The molecule has 0 fully saturated rings. The van der Waals surface area contributed by atoms with E-state index in [1.54, 1.807) is 11.0 Å². The van der Waals surface area contributed by atoms with Crippen LogP contribution in [-0.2, 0) is 19.3 Å². The van der Waals surface area contributed by atoms with Crippen LogP contribution in [-0.4, -0.2) is 41.0 Å². The zero-order chi connectivity index (χ0) is 19.8. The first-order chi connectivity index (χ1) is 12.8. The van der Waals surface area contributed by atoms with Crippen molar-refractivity contribution in [2.45, 2.75) is 39.0 Å². The number of anilines is 1. The lowest BCUT2D eigenvalue weighted by atomic mass is 10.1. The molecule has 1 aromatic carbocycles. The highest BCUT2D eigenvalue weighted by atomic mass is 32.2. The lowest BCUT2D eigenvalue weighted by molar-refractivity contribution is -0.139. The number of fused-ring (bicyclic) bond motifs is 2. The summed E-state index contributed by atoms with van der Waals surface area (Å²) in [5.74, 6) is -0.348. The van der Waals surface area contributed by atoms with Crippen molar-refractivity contribution in [3.05, 3.63) is 23.8 Å². The van der Waals surface area contributed by atoms with Crippen molar-refractivity contribution in [1.82, 2.24) is 10.3 Å². The van der Waals surface area contributed by atoms with E-state index in [-0.39, 0.29) is 22.9 Å². The van der Waals surface area contributed by atoms with Gasteiger partial charge in [-0.3, -0.25) is 14.4 Å². The molecule has 8 nitrogen and oxygen atoms in total. The van der Waals surface area contributed by atoms with Gasteiger partial charge in [-0.1, -0.05) is 6.92 Å². The first-order valence-electron chi connectivity index (χ1n) is 8.80. The molecule has 0 saturated heterocycles. The summed E-state index contributed by atoms with van der Waals surface area (Å²) in [6.07, 6.45) is 0.763. The van der Waals surface area contributed by atoms with Crippen LogP contribution < -0.4 is 15.0 Å². The van der Waals surface area contributed by atoms with Crippen LogP contribution in [0.15, 0.2) is 23.3 Å². The van der Waals surface area contributed by atoms with E-state index >= 15 is 0 Å². The largest absolute Gasteiger partial charge is 0.494 e. The van der Waals surface area contributed by atoms with Crippen molar-refractivity contribution in [3.8, 4) is 5.75 Å². The topological polar surface area (TPSA) is 91.3 Å². The van der Waals surface area contributed by atoms with Crippen molar-refractivity contribution >= 4 is 40.3 Å². The summed E-state index contributed by atoms with van der Waals surface area (Å²) in [6.45, 7) is 7.56. The van der Waals surface area contributed by atoms with E-state index in [0.717, 1.165) is 28.9 Å². The Morgan fingerprint density at radius 2 is 2.04 bits per heavy atom. The maximum absolute atomic E-state index is 13.5. The number of carbonyl (C=O) groups is 3. The Morgan fingerprint density at radius 1 is 1.30 bits per heavy atom. The molecule has 0 bridgehead atoms. The van der Waals surface area contributed by atoms with Crippen molar-refractivity contribution in [2.24, 2.45) is 5.10 Å². The molecule has 9 heteroatoms. The Kier molecular flexibility index (Phi) is 5.14. The molecule has 1 spiro atoms. The smallest absolute Gasteiger partial charge is 0.270 e. The molecular formula is C18H22N4O4S. The fraction of sp³-hybridized carbons (Fsp3) is 0.444. The van der Waals surface area contributed by atoms with Gasteiger partial charge in [0.1, 0.15) is 5.75 Å². The van der Waals surface area contributed by atoms with Gasteiger partial charge in [0, 0.05) is 26.0 Å². The Hall–Kier alpha value is -2.55. The molecule has 1 aromatic rings. The molecule has 27 heavy (non-hydrogen) atoms. The normalized spacial score (nSPS) is 20.7. The van der Waals surface area contributed by atoms with Crippen LogP contribution in [0.2, 0.25) is 0 Å². The summed E-state index contributed by atoms with van der Waals surface area (Å²) in [7, 11) is 0. The third-order valence-electron chi connectivity index (χ3n) is 4.23. The van der Waals surface area contributed by atoms with Gasteiger partial charge in [-0.2, -0.15) is 5.01 Å². The number of hydrazone groups is 1. The molecule has 1 atom stereocenters. The van der Waals surface area contributed by atoms with Gasteiger partial charge >= 0.3 is 0 Å². The summed E-state index contributed by atoms with van der Waals surface area (Å²) in [5, 5.41) is 8.20. The zero-order valence-corrected chi connectivity index (χ0v) is 16.6. The van der Waals surface area contributed by atoms with Gasteiger partial charge in [0.05, 0.1) is 12.3 Å². The van der Waals surface area contributed by atoms with Gasteiger partial charge in [-0.15, -0.1) is 5.10 Å². The number of thioether (sulfide) groups is 1. The van der Waals surface area contributed by atoms with Crippen LogP contribution in [0.1, 0.15) is 39.7 Å². The molecule has 0 radical (unpaired) electrons. The minimum Gasteiger partial charge on any atom is -0.494 e. The summed E-state index contributed by atoms with van der Waals surface area (Å²) in [6, 6.07) is 5.42. The van der Waals surface area contributed by atoms with E-state index in [1.807, 2.05) is 26.0 Å². The van der Waals surface area contributed by atoms with Gasteiger partial charge in [0.25, 0.3) is 5.91 Å². The molecule has 1 N–H and O–H groups in total. The van der Waals surface area contributed by atoms with E-state index in [2.05, 4.69) is 10.4 Å². The third kappa shape index (κ3) is 3.05. The molecule has 0 aromatic heterocycles. The number of hydrogen-bond donors (Lipinski definition) is 1. The average molecular weight is 390 g/mol. The fourth-order valence-corrected chi connectivity index (χ4v) is 4.62. The quantitative estimate of drug-likeness (QED) is 0.849. The maximum Gasteiger partial charge on any atom is 0.270 e. The molecule has 0 saturated carbocycles. The molecule has 0 unspecified atom stereocenters. The number of benzene rings is 1. The molecule has 3 amide bonds. The third-order valence-corrected chi connectivity index (χ3v) is 5.47. The van der Waals surface area contributed by atoms with E-state index in [4.69, 9.17) is 4.74 Å². The monoisotopic (exact) mass is 390 g/mol. The molecule has 2 aliphatic heterocycles. The molecule has 0 aliphatic carbocycles. The summed E-state index contributed by atoms with van der Waals surface area (Å²) in [4.78, 5) is 37.6. The van der Waals surface area contributed by atoms with Gasteiger partial charge in [-0.25, -0.2) is 0 Å². The van der Waals surface area contributed by atoms with Crippen molar-refractivity contribution < 1.29 is 19.1 Å². The van der Waals surface area contributed by atoms with Crippen LogP contribution in [0.25, 0.3) is 0 Å². The Balaban J connectivity index is 2.16. The van der Waals surface area contributed by atoms with Gasteiger partial charge < -0.3 is 15.0 Å². The Bertz CT molecular complexity index is 841. The average Bonchev–Trinajstić information content (AvgIpc) is 3.08. The number of hydrogen-bond acceptors (Lipinski definition) is 6. The number of carbonyl (C=O) groups excluding carboxylic acids is 3. The Labute approximate surface area is 161 Å². The second-order valence-corrected chi connectivity index (χ2v) is 7.41. The molecule has 3 rings (SSSR count). The first-order valence-corrected chi connectivity index (χ1v) is 9.62. The summed E-state index contributed by atoms with van der Waals surface area (Å²) in [5.41, 5.74) is 1.36. The second-order valence-electron chi connectivity index (χ2n) is 6.23. The van der Waals surface area contributed by atoms with Crippen LogP contribution in [0.5, 0.6) is 5.75 Å². The number of nitrogens with zero attached hydrogens (tertiary/aromatic N) is 3. The van der Waals surface area contributed by atoms with Crippen molar-refractivity contribution in [1.29, 1.82) is 0 Å². The van der Waals surface area contributed by atoms with Gasteiger partial charge in [-0.05, 0) is 43.3 Å². The lowest BCUT2D eigenvalue weighted by Crippen LogP contribution is -2.48. The van der Waals surface area contributed by atoms with Crippen molar-refractivity contribution in [3.63, 3.8) is 0 Å².